The van der Waals surface area contributed by atoms with Crippen LogP contribution in [-0.4, -0.2) is 25.9 Å². The largest absolute Gasteiger partial charge is 0.493 e. The fourth-order valence-corrected chi connectivity index (χ4v) is 4.35. The summed E-state index contributed by atoms with van der Waals surface area (Å²) < 4.78 is 31.3. The maximum absolute atomic E-state index is 13.9. The lowest BCUT2D eigenvalue weighted by Crippen LogP contribution is -2.03. The Hall–Kier alpha value is -3.71. The van der Waals surface area contributed by atoms with E-state index < -0.39 is 5.97 Å². The number of thiophene rings is 1. The van der Waals surface area contributed by atoms with Crippen molar-refractivity contribution in [2.45, 2.75) is 13.5 Å². The summed E-state index contributed by atoms with van der Waals surface area (Å²) in [4.78, 5) is 17.1. The van der Waals surface area contributed by atoms with Crippen LogP contribution in [0.15, 0.2) is 71.7 Å². The minimum atomic E-state index is -0.392. The molecule has 0 N–H and O–H groups in total. The van der Waals surface area contributed by atoms with Crippen molar-refractivity contribution in [3.05, 3.63) is 89.2 Å². The third-order valence-electron chi connectivity index (χ3n) is 4.92. The smallest absolute Gasteiger partial charge is 0.341 e. The molecule has 0 atom stereocenters. The number of carbonyl (C=O) groups excluding carboxylic acids is 1. The summed E-state index contributed by atoms with van der Waals surface area (Å²) in [5.74, 6) is 0.279. The number of rotatable bonds is 8. The van der Waals surface area contributed by atoms with Crippen LogP contribution in [0.3, 0.4) is 0 Å². The first-order valence-corrected chi connectivity index (χ1v) is 11.2. The van der Waals surface area contributed by atoms with Crippen LogP contribution < -0.4 is 9.47 Å². The van der Waals surface area contributed by atoms with Gasteiger partial charge in [0.2, 0.25) is 0 Å². The van der Waals surface area contributed by atoms with Crippen molar-refractivity contribution in [3.63, 3.8) is 0 Å². The van der Waals surface area contributed by atoms with E-state index in [1.54, 1.807) is 43.5 Å². The predicted octanol–water partition coefficient (Wildman–Crippen LogP) is 6.56. The molecular weight excluding hydrogens is 441 g/mol. The SMILES string of the molecule is CCOC(=O)c1c(N=Cc2ccc(OCc3ccccc3F)c(OC)c2)sc2ccccc12. The van der Waals surface area contributed by atoms with E-state index in [9.17, 15) is 9.18 Å². The van der Waals surface area contributed by atoms with Gasteiger partial charge >= 0.3 is 5.97 Å². The first-order chi connectivity index (χ1) is 16.1. The Bertz CT molecular complexity index is 1310. The van der Waals surface area contributed by atoms with E-state index in [0.29, 0.717) is 27.6 Å². The first kappa shape index (κ1) is 22.5. The monoisotopic (exact) mass is 463 g/mol. The molecule has 0 radical (unpaired) electrons. The van der Waals surface area contributed by atoms with Crippen LogP contribution in [0.4, 0.5) is 9.39 Å². The molecule has 0 amide bonds. The molecule has 3 aromatic carbocycles. The van der Waals surface area contributed by atoms with E-state index in [1.807, 2.05) is 30.3 Å². The number of fused-ring (bicyclic) bond motifs is 1. The number of methoxy groups -OCH3 is 1. The van der Waals surface area contributed by atoms with Crippen molar-refractivity contribution in [3.8, 4) is 11.5 Å². The average molecular weight is 464 g/mol. The molecule has 0 fully saturated rings. The van der Waals surface area contributed by atoms with Gasteiger partial charge in [-0.3, -0.25) is 0 Å². The van der Waals surface area contributed by atoms with Crippen LogP contribution in [0, 0.1) is 5.82 Å². The van der Waals surface area contributed by atoms with Crippen LogP contribution in [0.5, 0.6) is 11.5 Å². The number of aliphatic imine (C=N–C) groups is 1. The molecule has 1 heterocycles. The van der Waals surface area contributed by atoms with Gasteiger partial charge in [-0.1, -0.05) is 36.4 Å². The van der Waals surface area contributed by atoms with Crippen LogP contribution in [0.2, 0.25) is 0 Å². The zero-order chi connectivity index (χ0) is 23.2. The Morgan fingerprint density at radius 2 is 1.85 bits per heavy atom. The zero-order valence-electron chi connectivity index (χ0n) is 18.2. The van der Waals surface area contributed by atoms with Crippen LogP contribution in [-0.2, 0) is 11.3 Å². The maximum Gasteiger partial charge on any atom is 0.341 e. The highest BCUT2D eigenvalue weighted by molar-refractivity contribution is 7.23. The minimum absolute atomic E-state index is 0.0845. The fraction of sp³-hybridized carbons (Fsp3) is 0.154. The molecule has 5 nitrogen and oxygen atoms in total. The summed E-state index contributed by atoms with van der Waals surface area (Å²) in [5, 5.41) is 1.40. The molecule has 0 bridgehead atoms. The molecule has 0 aliphatic rings. The Kier molecular flexibility index (Phi) is 7.00. The number of nitrogens with zero attached hydrogens (tertiary/aromatic N) is 1. The second kappa shape index (κ2) is 10.3. The average Bonchev–Trinajstić information content (AvgIpc) is 3.21. The molecule has 4 aromatic rings. The summed E-state index contributed by atoms with van der Waals surface area (Å²) in [7, 11) is 1.54. The summed E-state index contributed by atoms with van der Waals surface area (Å²) in [6.07, 6.45) is 1.66. The zero-order valence-corrected chi connectivity index (χ0v) is 19.0. The van der Waals surface area contributed by atoms with Gasteiger partial charge in [0, 0.05) is 21.9 Å². The standard InChI is InChI=1S/C26H22FNO4S/c1-3-31-26(29)24-19-9-5-7-11-23(19)33-25(24)28-15-17-12-13-21(22(14-17)30-2)32-16-18-8-4-6-10-20(18)27/h4-15H,3,16H2,1-2H3. The summed E-state index contributed by atoms with van der Waals surface area (Å²) in [6.45, 7) is 2.15. The van der Waals surface area contributed by atoms with Crippen molar-refractivity contribution in [2.24, 2.45) is 4.99 Å². The second-order valence-corrected chi connectivity index (χ2v) is 8.08. The van der Waals surface area contributed by atoms with Crippen molar-refractivity contribution in [1.29, 1.82) is 0 Å². The van der Waals surface area contributed by atoms with Crippen molar-refractivity contribution < 1.29 is 23.4 Å². The molecule has 33 heavy (non-hydrogen) atoms. The van der Waals surface area contributed by atoms with Gasteiger partial charge in [0.1, 0.15) is 23.0 Å². The lowest BCUT2D eigenvalue weighted by atomic mass is 10.1. The molecule has 0 aliphatic carbocycles. The third kappa shape index (κ3) is 5.04. The summed E-state index contributed by atoms with van der Waals surface area (Å²) >= 11 is 1.43. The molecular formula is C26H22FNO4S. The Morgan fingerprint density at radius 3 is 2.64 bits per heavy atom. The number of hydrogen-bond acceptors (Lipinski definition) is 6. The van der Waals surface area contributed by atoms with Gasteiger partial charge < -0.3 is 14.2 Å². The van der Waals surface area contributed by atoms with Crippen molar-refractivity contribution in [2.75, 3.05) is 13.7 Å². The number of hydrogen-bond donors (Lipinski definition) is 0. The highest BCUT2D eigenvalue weighted by Gasteiger charge is 2.19. The molecule has 168 valence electrons. The van der Waals surface area contributed by atoms with Crippen molar-refractivity contribution >= 4 is 38.6 Å². The Morgan fingerprint density at radius 1 is 1.06 bits per heavy atom. The lowest BCUT2D eigenvalue weighted by Gasteiger charge is -2.11. The summed E-state index contributed by atoms with van der Waals surface area (Å²) in [6, 6.07) is 19.5. The van der Waals surface area contributed by atoms with E-state index in [2.05, 4.69) is 4.99 Å². The van der Waals surface area contributed by atoms with Crippen LogP contribution in [0.1, 0.15) is 28.4 Å². The Labute approximate surface area is 195 Å². The number of ether oxygens (including phenoxy) is 3. The molecule has 0 unspecified atom stereocenters. The molecule has 7 heteroatoms. The third-order valence-corrected chi connectivity index (χ3v) is 5.99. The van der Waals surface area contributed by atoms with E-state index in [4.69, 9.17) is 14.2 Å². The van der Waals surface area contributed by atoms with E-state index >= 15 is 0 Å². The summed E-state index contributed by atoms with van der Waals surface area (Å²) in [5.41, 5.74) is 1.68. The molecule has 0 spiro atoms. The highest BCUT2D eigenvalue weighted by atomic mass is 32.1. The van der Waals surface area contributed by atoms with Crippen LogP contribution in [0.25, 0.3) is 10.1 Å². The van der Waals surface area contributed by atoms with Gasteiger partial charge in [0.25, 0.3) is 0 Å². The van der Waals surface area contributed by atoms with E-state index in [0.717, 1.165) is 15.6 Å². The first-order valence-electron chi connectivity index (χ1n) is 10.4. The maximum atomic E-state index is 13.9. The van der Waals surface area contributed by atoms with Crippen molar-refractivity contribution in [1.82, 2.24) is 0 Å². The topological polar surface area (TPSA) is 57.1 Å². The predicted molar refractivity (Wildman–Crippen MR) is 129 cm³/mol. The van der Waals surface area contributed by atoms with Gasteiger partial charge in [-0.05, 0) is 42.8 Å². The molecule has 1 aromatic heterocycles. The van der Waals surface area contributed by atoms with Gasteiger partial charge in [-0.25, -0.2) is 14.2 Å². The highest BCUT2D eigenvalue weighted by Crippen LogP contribution is 2.38. The lowest BCUT2D eigenvalue weighted by molar-refractivity contribution is 0.0530. The Balaban J connectivity index is 1.59. The molecule has 4 rings (SSSR count). The second-order valence-electron chi connectivity index (χ2n) is 7.05. The van der Waals surface area contributed by atoms with E-state index in [1.165, 1.54) is 24.5 Å². The molecule has 0 aliphatic heterocycles. The number of benzene rings is 3. The fourth-order valence-electron chi connectivity index (χ4n) is 3.31. The number of esters is 1. The van der Waals surface area contributed by atoms with Crippen LogP contribution >= 0.6 is 11.3 Å². The van der Waals surface area contributed by atoms with Gasteiger partial charge in [0.05, 0.1) is 13.7 Å². The van der Waals surface area contributed by atoms with Gasteiger partial charge in [-0.2, -0.15) is 0 Å². The molecule has 0 saturated heterocycles. The number of carbonyl (C=O) groups is 1. The quantitative estimate of drug-likeness (QED) is 0.219. The van der Waals surface area contributed by atoms with Gasteiger partial charge in [-0.15, -0.1) is 11.3 Å². The van der Waals surface area contributed by atoms with E-state index in [-0.39, 0.29) is 19.0 Å². The number of halogens is 1. The normalized spacial score (nSPS) is 11.1. The molecule has 0 saturated carbocycles. The van der Waals surface area contributed by atoms with Gasteiger partial charge in [0.15, 0.2) is 11.5 Å². The minimum Gasteiger partial charge on any atom is -0.493 e.